The number of likely N-dealkylation sites (tertiary alicyclic amines) is 1. The number of amides is 1. The van der Waals surface area contributed by atoms with Crippen LogP contribution >= 0.6 is 0 Å². The van der Waals surface area contributed by atoms with Crippen LogP contribution in [0.25, 0.3) is 0 Å². The van der Waals surface area contributed by atoms with E-state index in [1.54, 1.807) is 0 Å². The first-order valence-electron chi connectivity index (χ1n) is 9.28. The van der Waals surface area contributed by atoms with E-state index >= 15 is 0 Å². The Kier molecular flexibility index (Phi) is 4.34. The molecule has 3 heterocycles. The van der Waals surface area contributed by atoms with Crippen LogP contribution < -0.4 is 5.32 Å². The van der Waals surface area contributed by atoms with Gasteiger partial charge in [-0.25, -0.2) is 4.98 Å². The third-order valence-corrected chi connectivity index (χ3v) is 5.74. The molecule has 1 spiro atoms. The monoisotopic (exact) mass is 338 g/mol. The van der Waals surface area contributed by atoms with Gasteiger partial charge in [0, 0.05) is 44.4 Å². The molecule has 0 radical (unpaired) electrons. The van der Waals surface area contributed by atoms with Crippen LogP contribution in [-0.2, 0) is 17.9 Å². The molecule has 0 bridgehead atoms. The molecule has 5 nitrogen and oxygen atoms in total. The number of rotatable bonds is 4. The number of hydrogen-bond acceptors (Lipinski definition) is 3. The maximum Gasteiger partial charge on any atom is 0.220 e. The van der Waals surface area contributed by atoms with Crippen molar-refractivity contribution in [1.29, 1.82) is 0 Å². The van der Waals surface area contributed by atoms with Crippen molar-refractivity contribution in [3.63, 3.8) is 0 Å². The lowest BCUT2D eigenvalue weighted by molar-refractivity contribution is -0.125. The SMILES string of the molecule is CCn1ccnc1CN1C[C@@H](c2ccccc2)[C@@]2(CCCC(=O)N2)C1. The molecule has 2 aromatic rings. The van der Waals surface area contributed by atoms with Gasteiger partial charge in [0.2, 0.25) is 5.91 Å². The second kappa shape index (κ2) is 6.64. The van der Waals surface area contributed by atoms with Crippen LogP contribution in [0.3, 0.4) is 0 Å². The van der Waals surface area contributed by atoms with E-state index < -0.39 is 0 Å². The van der Waals surface area contributed by atoms with Crippen molar-refractivity contribution in [3.8, 4) is 0 Å². The molecule has 2 aliphatic rings. The summed E-state index contributed by atoms with van der Waals surface area (Å²) in [5.74, 6) is 1.64. The first-order chi connectivity index (χ1) is 12.2. The topological polar surface area (TPSA) is 50.2 Å². The lowest BCUT2D eigenvalue weighted by atomic mass is 9.76. The van der Waals surface area contributed by atoms with Crippen molar-refractivity contribution in [3.05, 3.63) is 54.1 Å². The highest BCUT2D eigenvalue weighted by molar-refractivity contribution is 5.78. The van der Waals surface area contributed by atoms with E-state index in [4.69, 9.17) is 0 Å². The van der Waals surface area contributed by atoms with Gasteiger partial charge in [0.15, 0.2) is 0 Å². The van der Waals surface area contributed by atoms with Crippen molar-refractivity contribution in [2.75, 3.05) is 13.1 Å². The summed E-state index contributed by atoms with van der Waals surface area (Å²) in [5, 5.41) is 3.37. The highest BCUT2D eigenvalue weighted by Gasteiger charge is 2.49. The van der Waals surface area contributed by atoms with Crippen molar-refractivity contribution in [2.24, 2.45) is 0 Å². The third kappa shape index (κ3) is 3.09. The van der Waals surface area contributed by atoms with E-state index in [2.05, 4.69) is 57.0 Å². The Hall–Kier alpha value is -2.14. The highest BCUT2D eigenvalue weighted by atomic mass is 16.1. The second-order valence-corrected chi connectivity index (χ2v) is 7.32. The van der Waals surface area contributed by atoms with Crippen molar-refractivity contribution in [1.82, 2.24) is 19.8 Å². The van der Waals surface area contributed by atoms with Crippen molar-refractivity contribution >= 4 is 5.91 Å². The van der Waals surface area contributed by atoms with Gasteiger partial charge in [-0.05, 0) is 25.3 Å². The van der Waals surface area contributed by atoms with Crippen LogP contribution in [0.15, 0.2) is 42.7 Å². The summed E-state index contributed by atoms with van der Waals surface area (Å²) in [7, 11) is 0. The molecule has 1 aromatic heterocycles. The summed E-state index contributed by atoms with van der Waals surface area (Å²) in [6, 6.07) is 10.6. The number of hydrogen-bond donors (Lipinski definition) is 1. The molecule has 0 aliphatic carbocycles. The normalized spacial score (nSPS) is 26.9. The van der Waals surface area contributed by atoms with Gasteiger partial charge in [0.05, 0.1) is 12.1 Å². The first kappa shape index (κ1) is 16.3. The Bertz CT molecular complexity index is 741. The van der Waals surface area contributed by atoms with Gasteiger partial charge in [-0.2, -0.15) is 0 Å². The summed E-state index contributed by atoms with van der Waals surface area (Å²) in [5.41, 5.74) is 1.19. The quantitative estimate of drug-likeness (QED) is 0.932. The number of aryl methyl sites for hydroxylation is 1. The molecule has 1 amide bonds. The predicted molar refractivity (Wildman–Crippen MR) is 97.1 cm³/mol. The molecule has 2 atom stereocenters. The Morgan fingerprint density at radius 2 is 2.16 bits per heavy atom. The lowest BCUT2D eigenvalue weighted by Gasteiger charge is -2.39. The molecule has 0 unspecified atom stereocenters. The summed E-state index contributed by atoms with van der Waals surface area (Å²) < 4.78 is 2.20. The zero-order valence-corrected chi connectivity index (χ0v) is 14.8. The maximum atomic E-state index is 12.2. The molecule has 1 N–H and O–H groups in total. The van der Waals surface area contributed by atoms with Gasteiger partial charge in [0.25, 0.3) is 0 Å². The number of carbonyl (C=O) groups is 1. The van der Waals surface area contributed by atoms with Gasteiger partial charge in [-0.1, -0.05) is 30.3 Å². The highest BCUT2D eigenvalue weighted by Crippen LogP contribution is 2.41. The Balaban J connectivity index is 1.61. The summed E-state index contributed by atoms with van der Waals surface area (Å²) in [4.78, 5) is 19.2. The van der Waals surface area contributed by atoms with Crippen LogP contribution in [-0.4, -0.2) is 39.0 Å². The van der Waals surface area contributed by atoms with Crippen LogP contribution in [0.5, 0.6) is 0 Å². The van der Waals surface area contributed by atoms with Gasteiger partial charge >= 0.3 is 0 Å². The number of aromatic nitrogens is 2. The lowest BCUT2D eigenvalue weighted by Crippen LogP contribution is -2.56. The zero-order chi connectivity index (χ0) is 17.3. The van der Waals surface area contributed by atoms with E-state index in [0.717, 1.165) is 44.8 Å². The Labute approximate surface area is 149 Å². The minimum Gasteiger partial charge on any atom is -0.349 e. The van der Waals surface area contributed by atoms with E-state index in [9.17, 15) is 4.79 Å². The van der Waals surface area contributed by atoms with Crippen LogP contribution in [0.1, 0.15) is 43.5 Å². The maximum absolute atomic E-state index is 12.2. The van der Waals surface area contributed by atoms with Gasteiger partial charge in [-0.15, -0.1) is 0 Å². The molecular weight excluding hydrogens is 312 g/mol. The van der Waals surface area contributed by atoms with Gasteiger partial charge < -0.3 is 9.88 Å². The van der Waals surface area contributed by atoms with Gasteiger partial charge in [-0.3, -0.25) is 9.69 Å². The summed E-state index contributed by atoms with van der Waals surface area (Å²) >= 11 is 0. The largest absolute Gasteiger partial charge is 0.349 e. The number of piperidine rings is 1. The van der Waals surface area contributed by atoms with E-state index in [-0.39, 0.29) is 11.4 Å². The number of imidazole rings is 1. The van der Waals surface area contributed by atoms with Crippen LogP contribution in [0.2, 0.25) is 0 Å². The van der Waals surface area contributed by atoms with Gasteiger partial charge in [0.1, 0.15) is 5.82 Å². The molecule has 4 rings (SSSR count). The molecule has 25 heavy (non-hydrogen) atoms. The molecule has 2 fully saturated rings. The Morgan fingerprint density at radius 1 is 1.32 bits per heavy atom. The standard InChI is InChI=1S/C20H26N4O/c1-2-24-12-11-21-18(24)14-23-13-17(16-7-4-3-5-8-16)20(15-23)10-6-9-19(25)22-20/h3-5,7-8,11-12,17H,2,6,9-10,13-15H2,1H3,(H,22,25)/t17-,20+/m0/s1. The number of nitrogens with zero attached hydrogens (tertiary/aromatic N) is 3. The number of nitrogens with one attached hydrogen (secondary N) is 1. The fourth-order valence-electron chi connectivity index (χ4n) is 4.56. The average molecular weight is 338 g/mol. The average Bonchev–Trinajstić information content (AvgIpc) is 3.20. The fourth-order valence-corrected chi connectivity index (χ4v) is 4.56. The molecule has 0 saturated carbocycles. The van der Waals surface area contributed by atoms with E-state index in [1.165, 1.54) is 5.56 Å². The fraction of sp³-hybridized carbons (Fsp3) is 0.500. The summed E-state index contributed by atoms with van der Waals surface area (Å²) in [6.07, 6.45) is 6.60. The zero-order valence-electron chi connectivity index (χ0n) is 14.8. The van der Waals surface area contributed by atoms with Crippen molar-refractivity contribution < 1.29 is 4.79 Å². The Morgan fingerprint density at radius 3 is 2.92 bits per heavy atom. The van der Waals surface area contributed by atoms with Crippen LogP contribution in [0.4, 0.5) is 0 Å². The molecule has 5 heteroatoms. The molecular formula is C20H26N4O. The molecule has 132 valence electrons. The van der Waals surface area contributed by atoms with E-state index in [0.29, 0.717) is 12.3 Å². The third-order valence-electron chi connectivity index (χ3n) is 5.74. The first-order valence-corrected chi connectivity index (χ1v) is 9.28. The smallest absolute Gasteiger partial charge is 0.220 e. The molecule has 2 saturated heterocycles. The minimum atomic E-state index is -0.139. The van der Waals surface area contributed by atoms with Crippen molar-refractivity contribution in [2.45, 2.75) is 50.7 Å². The summed E-state index contributed by atoms with van der Waals surface area (Å²) in [6.45, 7) is 5.77. The number of carbonyl (C=O) groups excluding carboxylic acids is 1. The molecule has 1 aromatic carbocycles. The number of benzene rings is 1. The van der Waals surface area contributed by atoms with Crippen LogP contribution in [0, 0.1) is 0 Å². The minimum absolute atomic E-state index is 0.139. The van der Waals surface area contributed by atoms with E-state index in [1.807, 2.05) is 12.4 Å². The second-order valence-electron chi connectivity index (χ2n) is 7.32. The molecule has 2 aliphatic heterocycles. The predicted octanol–water partition coefficient (Wildman–Crippen LogP) is 2.54.